The first-order valence-electron chi connectivity index (χ1n) is 8.34. The maximum atomic E-state index is 5.88. The van der Waals surface area contributed by atoms with Crippen molar-refractivity contribution in [2.75, 3.05) is 6.61 Å². The Morgan fingerprint density at radius 2 is 2.05 bits per heavy atom. The fourth-order valence-electron chi connectivity index (χ4n) is 2.23. The summed E-state index contributed by atoms with van der Waals surface area (Å²) in [5.74, 6) is 1.63. The van der Waals surface area contributed by atoms with Crippen LogP contribution in [0, 0.1) is 5.92 Å². The minimum Gasteiger partial charge on any atom is -0.467 e. The normalized spacial score (nSPS) is 13.6. The minimum absolute atomic E-state index is 0.114. The van der Waals surface area contributed by atoms with Gasteiger partial charge >= 0.3 is 0 Å². The van der Waals surface area contributed by atoms with Gasteiger partial charge in [-0.3, -0.25) is 0 Å². The van der Waals surface area contributed by atoms with E-state index in [4.69, 9.17) is 9.15 Å². The van der Waals surface area contributed by atoms with Gasteiger partial charge in [0.15, 0.2) is 0 Å². The van der Waals surface area contributed by atoms with E-state index < -0.39 is 0 Å². The van der Waals surface area contributed by atoms with Crippen LogP contribution in [0.3, 0.4) is 0 Å². The van der Waals surface area contributed by atoms with Crippen LogP contribution in [0.2, 0.25) is 0 Å². The quantitative estimate of drug-likeness (QED) is 0.666. The number of hydrogen-bond donors (Lipinski definition) is 1. The topological polar surface area (TPSA) is 34.4 Å². The van der Waals surface area contributed by atoms with Gasteiger partial charge in [0.1, 0.15) is 12.4 Å². The average Bonchev–Trinajstić information content (AvgIpc) is 2.87. The predicted octanol–water partition coefficient (Wildman–Crippen LogP) is 4.90. The largest absolute Gasteiger partial charge is 0.467 e. The maximum absolute atomic E-state index is 5.88. The molecule has 0 aliphatic carbocycles. The Balaban J connectivity index is 2.36. The Bertz CT molecular complexity index is 379. The molecule has 0 aromatic carbocycles. The summed E-state index contributed by atoms with van der Waals surface area (Å²) < 4.78 is 11.4. The molecule has 1 atom stereocenters. The summed E-state index contributed by atoms with van der Waals surface area (Å²) in [6.07, 6.45) is 6.77. The number of rotatable bonds is 10. The van der Waals surface area contributed by atoms with E-state index in [2.05, 4.69) is 39.9 Å². The van der Waals surface area contributed by atoms with Gasteiger partial charge < -0.3 is 14.5 Å². The monoisotopic (exact) mass is 295 g/mol. The lowest BCUT2D eigenvalue weighted by atomic mass is 10.0. The van der Waals surface area contributed by atoms with Crippen LogP contribution in [-0.2, 0) is 17.9 Å². The molecule has 1 rings (SSSR count). The van der Waals surface area contributed by atoms with E-state index in [1.54, 1.807) is 6.26 Å². The molecule has 0 fully saturated rings. The van der Waals surface area contributed by atoms with Gasteiger partial charge in [-0.15, -0.1) is 0 Å². The van der Waals surface area contributed by atoms with Crippen LogP contribution in [0.15, 0.2) is 16.7 Å². The number of furan rings is 1. The molecule has 1 N–H and O–H groups in total. The van der Waals surface area contributed by atoms with Gasteiger partial charge in [0.05, 0.1) is 6.26 Å². The highest BCUT2D eigenvalue weighted by Gasteiger charge is 2.13. The highest BCUT2D eigenvalue weighted by molar-refractivity contribution is 5.16. The smallest absolute Gasteiger partial charge is 0.133 e. The highest BCUT2D eigenvalue weighted by atomic mass is 16.5. The van der Waals surface area contributed by atoms with Crippen molar-refractivity contribution in [1.29, 1.82) is 0 Å². The summed E-state index contributed by atoms with van der Waals surface area (Å²) in [5.41, 5.74) is 1.31. The first kappa shape index (κ1) is 18.2. The van der Waals surface area contributed by atoms with Crippen LogP contribution in [0.4, 0.5) is 0 Å². The molecule has 0 amide bonds. The SMILES string of the molecule is CCCCC(CC)COCc1occc1CNC(C)(C)C. The third-order valence-corrected chi connectivity index (χ3v) is 3.78. The Morgan fingerprint density at radius 1 is 1.29 bits per heavy atom. The first-order valence-corrected chi connectivity index (χ1v) is 8.34. The van der Waals surface area contributed by atoms with E-state index in [-0.39, 0.29) is 5.54 Å². The Kier molecular flexibility index (Phi) is 8.05. The van der Waals surface area contributed by atoms with Crippen LogP contribution >= 0.6 is 0 Å². The minimum atomic E-state index is 0.114. The second kappa shape index (κ2) is 9.26. The molecule has 3 nitrogen and oxygen atoms in total. The van der Waals surface area contributed by atoms with Crippen LogP contribution in [0.25, 0.3) is 0 Å². The molecule has 0 saturated carbocycles. The zero-order chi connectivity index (χ0) is 15.7. The molecular weight excluding hydrogens is 262 g/mol. The van der Waals surface area contributed by atoms with Gasteiger partial charge in [-0.1, -0.05) is 33.1 Å². The average molecular weight is 295 g/mol. The molecule has 0 saturated heterocycles. The second-order valence-electron chi connectivity index (χ2n) is 6.90. The molecule has 1 aromatic rings. The van der Waals surface area contributed by atoms with Crippen LogP contribution in [0.5, 0.6) is 0 Å². The Labute approximate surface area is 130 Å². The molecule has 1 heterocycles. The number of nitrogens with one attached hydrogen (secondary N) is 1. The third kappa shape index (κ3) is 7.68. The van der Waals surface area contributed by atoms with Crippen molar-refractivity contribution in [3.05, 3.63) is 23.7 Å². The lowest BCUT2D eigenvalue weighted by Gasteiger charge is -2.20. The standard InChI is InChI=1S/C18H33NO2/c1-6-8-9-15(7-2)13-20-14-17-16(10-11-21-17)12-19-18(3,4)5/h10-11,15,19H,6-9,12-14H2,1-5H3. The van der Waals surface area contributed by atoms with Gasteiger partial charge in [-0.25, -0.2) is 0 Å². The van der Waals surface area contributed by atoms with Crippen molar-refractivity contribution in [2.45, 2.75) is 79.0 Å². The number of hydrogen-bond acceptors (Lipinski definition) is 3. The van der Waals surface area contributed by atoms with Gasteiger partial charge in [0.25, 0.3) is 0 Å². The molecule has 21 heavy (non-hydrogen) atoms. The Hall–Kier alpha value is -0.800. The van der Waals surface area contributed by atoms with Crippen LogP contribution in [-0.4, -0.2) is 12.1 Å². The molecule has 3 heteroatoms. The van der Waals surface area contributed by atoms with Gasteiger partial charge in [0.2, 0.25) is 0 Å². The van der Waals surface area contributed by atoms with E-state index in [0.29, 0.717) is 12.5 Å². The van der Waals surface area contributed by atoms with Gasteiger partial charge in [-0.2, -0.15) is 0 Å². The third-order valence-electron chi connectivity index (χ3n) is 3.78. The summed E-state index contributed by atoms with van der Waals surface area (Å²) in [7, 11) is 0. The lowest BCUT2D eigenvalue weighted by molar-refractivity contribution is 0.0702. The van der Waals surface area contributed by atoms with Gasteiger partial charge in [0, 0.05) is 24.3 Å². The second-order valence-corrected chi connectivity index (χ2v) is 6.90. The fourth-order valence-corrected chi connectivity index (χ4v) is 2.23. The highest BCUT2D eigenvalue weighted by Crippen LogP contribution is 2.16. The van der Waals surface area contributed by atoms with E-state index in [1.807, 2.05) is 6.07 Å². The number of unbranched alkanes of at least 4 members (excludes halogenated alkanes) is 1. The summed E-state index contributed by atoms with van der Waals surface area (Å²) in [6.45, 7) is 13.2. The van der Waals surface area contributed by atoms with E-state index in [0.717, 1.165) is 18.9 Å². The molecule has 0 bridgehead atoms. The van der Waals surface area contributed by atoms with Crippen molar-refractivity contribution in [1.82, 2.24) is 5.32 Å². The Morgan fingerprint density at radius 3 is 2.67 bits per heavy atom. The molecular formula is C18H33NO2. The predicted molar refractivity (Wildman–Crippen MR) is 88.3 cm³/mol. The molecule has 0 aliphatic rings. The van der Waals surface area contributed by atoms with Crippen molar-refractivity contribution in [2.24, 2.45) is 5.92 Å². The molecule has 122 valence electrons. The number of ether oxygens (including phenoxy) is 1. The molecule has 0 radical (unpaired) electrons. The van der Waals surface area contributed by atoms with Crippen molar-refractivity contribution in [3.63, 3.8) is 0 Å². The maximum Gasteiger partial charge on any atom is 0.133 e. The van der Waals surface area contributed by atoms with Crippen molar-refractivity contribution >= 4 is 0 Å². The molecule has 0 spiro atoms. The van der Waals surface area contributed by atoms with E-state index >= 15 is 0 Å². The molecule has 1 aromatic heterocycles. The fraction of sp³-hybridized carbons (Fsp3) is 0.778. The van der Waals surface area contributed by atoms with E-state index in [9.17, 15) is 0 Å². The lowest BCUT2D eigenvalue weighted by Crippen LogP contribution is -2.35. The summed E-state index contributed by atoms with van der Waals surface area (Å²) in [5, 5.41) is 3.49. The van der Waals surface area contributed by atoms with Crippen LogP contribution in [0.1, 0.15) is 71.6 Å². The van der Waals surface area contributed by atoms with Crippen LogP contribution < -0.4 is 5.32 Å². The zero-order valence-electron chi connectivity index (χ0n) is 14.5. The summed E-state index contributed by atoms with van der Waals surface area (Å²) in [6, 6.07) is 2.03. The summed E-state index contributed by atoms with van der Waals surface area (Å²) in [4.78, 5) is 0. The van der Waals surface area contributed by atoms with Crippen molar-refractivity contribution in [3.8, 4) is 0 Å². The molecule has 0 aliphatic heterocycles. The zero-order valence-corrected chi connectivity index (χ0v) is 14.5. The van der Waals surface area contributed by atoms with Gasteiger partial charge in [-0.05, 0) is 39.2 Å². The van der Waals surface area contributed by atoms with Crippen molar-refractivity contribution < 1.29 is 9.15 Å². The molecule has 1 unspecified atom stereocenters. The first-order chi connectivity index (χ1) is 9.96. The van der Waals surface area contributed by atoms with E-state index in [1.165, 1.54) is 31.2 Å². The summed E-state index contributed by atoms with van der Waals surface area (Å²) >= 11 is 0.